The Balaban J connectivity index is 1.56. The number of rotatable bonds is 4. The number of benzene rings is 2. The largest absolute Gasteiger partial charge is 0.367 e. The Morgan fingerprint density at radius 1 is 1.21 bits per heavy atom. The summed E-state index contributed by atoms with van der Waals surface area (Å²) >= 11 is 1.39. The minimum Gasteiger partial charge on any atom is -0.367 e. The summed E-state index contributed by atoms with van der Waals surface area (Å²) in [6.07, 6.45) is 1.60. The van der Waals surface area contributed by atoms with E-state index in [9.17, 15) is 14.5 Å². The van der Waals surface area contributed by atoms with Crippen molar-refractivity contribution in [2.24, 2.45) is 4.99 Å². The van der Waals surface area contributed by atoms with Gasteiger partial charge in [-0.2, -0.15) is 0 Å². The van der Waals surface area contributed by atoms with Crippen molar-refractivity contribution in [3.05, 3.63) is 57.9 Å². The zero-order chi connectivity index (χ0) is 19.7. The molecule has 1 aromatic heterocycles. The van der Waals surface area contributed by atoms with Crippen molar-refractivity contribution in [1.29, 1.82) is 0 Å². The Labute approximate surface area is 164 Å². The van der Waals surface area contributed by atoms with E-state index in [1.165, 1.54) is 29.5 Å². The average Bonchev–Trinajstić information content (AvgIpc) is 3.08. The molecule has 1 aliphatic heterocycles. The number of thiazole rings is 1. The zero-order valence-electron chi connectivity index (χ0n) is 15.2. The lowest BCUT2D eigenvalue weighted by Gasteiger charge is -2.34. The fraction of sp³-hybridized carbons (Fsp3) is 0.263. The van der Waals surface area contributed by atoms with Crippen LogP contribution in [0.25, 0.3) is 10.2 Å². The molecule has 2 aromatic carbocycles. The number of hydrogen-bond acceptors (Lipinski definition) is 7. The van der Waals surface area contributed by atoms with E-state index in [1.807, 2.05) is 6.07 Å². The number of piperazine rings is 1. The number of nitro benzene ring substituents is 1. The normalized spacial score (nSPS) is 15.6. The molecule has 4 rings (SSSR count). The molecule has 9 heteroatoms. The van der Waals surface area contributed by atoms with Crippen molar-refractivity contribution in [2.45, 2.75) is 0 Å². The first-order valence-corrected chi connectivity index (χ1v) is 9.63. The molecule has 0 atom stereocenters. The van der Waals surface area contributed by atoms with E-state index >= 15 is 0 Å². The molecular formula is C19H18FN5O2S. The predicted molar refractivity (Wildman–Crippen MR) is 110 cm³/mol. The second-order valence-corrected chi connectivity index (χ2v) is 7.67. The Hall–Kier alpha value is -2.91. The highest BCUT2D eigenvalue weighted by Gasteiger charge is 2.19. The van der Waals surface area contributed by atoms with Gasteiger partial charge < -0.3 is 9.80 Å². The number of likely N-dealkylation sites (N-methyl/N-ethyl adjacent to an activating group) is 1. The fourth-order valence-electron chi connectivity index (χ4n) is 3.08. The minimum atomic E-state index is -0.443. The SMILES string of the molecule is CN1CCN(c2cc3sc(/N=C/c4ccc([N+](=O)[O-])cc4)nc3cc2F)CC1. The summed E-state index contributed by atoms with van der Waals surface area (Å²) < 4.78 is 15.5. The summed E-state index contributed by atoms with van der Waals surface area (Å²) in [5, 5.41) is 11.2. The van der Waals surface area contributed by atoms with Crippen molar-refractivity contribution >= 4 is 44.3 Å². The summed E-state index contributed by atoms with van der Waals surface area (Å²) in [7, 11) is 2.06. The molecule has 0 radical (unpaired) electrons. The van der Waals surface area contributed by atoms with E-state index in [2.05, 4.69) is 26.8 Å². The maximum Gasteiger partial charge on any atom is 0.269 e. The zero-order valence-corrected chi connectivity index (χ0v) is 16.0. The van der Waals surface area contributed by atoms with E-state index in [0.29, 0.717) is 16.3 Å². The molecule has 28 heavy (non-hydrogen) atoms. The van der Waals surface area contributed by atoms with E-state index in [0.717, 1.165) is 36.4 Å². The van der Waals surface area contributed by atoms with Crippen LogP contribution in [0.2, 0.25) is 0 Å². The van der Waals surface area contributed by atoms with Gasteiger partial charge in [0.1, 0.15) is 5.82 Å². The maximum absolute atomic E-state index is 14.6. The first kappa shape index (κ1) is 18.5. The fourth-order valence-corrected chi connectivity index (χ4v) is 3.91. The summed E-state index contributed by atoms with van der Waals surface area (Å²) in [6, 6.07) is 9.41. The second-order valence-electron chi connectivity index (χ2n) is 6.66. The molecule has 1 aliphatic rings. The highest BCUT2D eigenvalue weighted by atomic mass is 32.1. The number of fused-ring (bicyclic) bond motifs is 1. The summed E-state index contributed by atoms with van der Waals surface area (Å²) in [5.74, 6) is -0.270. The topological polar surface area (TPSA) is 74.9 Å². The van der Waals surface area contributed by atoms with Crippen LogP contribution in [0.1, 0.15) is 5.56 Å². The van der Waals surface area contributed by atoms with Gasteiger partial charge in [-0.25, -0.2) is 14.4 Å². The number of aliphatic imine (C=N–C) groups is 1. The molecular weight excluding hydrogens is 381 g/mol. The number of hydrogen-bond donors (Lipinski definition) is 0. The molecule has 1 fully saturated rings. The molecule has 144 valence electrons. The van der Waals surface area contributed by atoms with Gasteiger partial charge in [-0.05, 0) is 30.8 Å². The maximum atomic E-state index is 14.6. The highest BCUT2D eigenvalue weighted by molar-refractivity contribution is 7.22. The van der Waals surface area contributed by atoms with Crippen molar-refractivity contribution < 1.29 is 9.31 Å². The summed E-state index contributed by atoms with van der Waals surface area (Å²) in [6.45, 7) is 3.40. The third-order valence-corrected chi connectivity index (χ3v) is 5.64. The molecule has 1 saturated heterocycles. The lowest BCUT2D eigenvalue weighted by molar-refractivity contribution is -0.384. The van der Waals surface area contributed by atoms with Gasteiger partial charge >= 0.3 is 0 Å². The monoisotopic (exact) mass is 399 g/mol. The first-order valence-electron chi connectivity index (χ1n) is 8.82. The van der Waals surface area contributed by atoms with Crippen molar-refractivity contribution in [3.63, 3.8) is 0 Å². The first-order chi connectivity index (χ1) is 13.5. The van der Waals surface area contributed by atoms with Crippen LogP contribution in [-0.4, -0.2) is 54.2 Å². The number of anilines is 1. The quantitative estimate of drug-likeness (QED) is 0.378. The number of halogens is 1. The smallest absolute Gasteiger partial charge is 0.269 e. The van der Waals surface area contributed by atoms with Crippen LogP contribution in [0, 0.1) is 15.9 Å². The van der Waals surface area contributed by atoms with Crippen molar-refractivity contribution in [3.8, 4) is 0 Å². The van der Waals surface area contributed by atoms with Gasteiger partial charge in [0.25, 0.3) is 5.69 Å². The minimum absolute atomic E-state index is 0.0315. The average molecular weight is 399 g/mol. The second kappa shape index (κ2) is 7.61. The van der Waals surface area contributed by atoms with Gasteiger partial charge in [-0.1, -0.05) is 11.3 Å². The van der Waals surface area contributed by atoms with Crippen LogP contribution in [-0.2, 0) is 0 Å². The van der Waals surface area contributed by atoms with Gasteiger partial charge in [0.2, 0.25) is 5.13 Å². The van der Waals surface area contributed by atoms with Gasteiger partial charge in [0.05, 0.1) is 20.8 Å². The van der Waals surface area contributed by atoms with Crippen LogP contribution in [0.4, 0.5) is 20.9 Å². The van der Waals surface area contributed by atoms with E-state index in [-0.39, 0.29) is 11.5 Å². The molecule has 0 unspecified atom stereocenters. The standard InChI is InChI=1S/C19H18FN5O2S/c1-23-6-8-24(9-7-23)17-11-18-16(10-15(17)20)22-19(28-18)21-12-13-2-4-14(5-3-13)25(26)27/h2-5,10-12H,6-9H2,1H3/b21-12+. The van der Waals surface area contributed by atoms with E-state index in [1.54, 1.807) is 18.3 Å². The molecule has 0 amide bonds. The van der Waals surface area contributed by atoms with Crippen LogP contribution >= 0.6 is 11.3 Å². The third kappa shape index (κ3) is 3.85. The van der Waals surface area contributed by atoms with Crippen LogP contribution in [0.3, 0.4) is 0 Å². The molecule has 3 aromatic rings. The Morgan fingerprint density at radius 3 is 2.61 bits per heavy atom. The molecule has 0 saturated carbocycles. The number of non-ortho nitro benzene ring substituents is 1. The molecule has 0 N–H and O–H groups in total. The Bertz CT molecular complexity index is 1040. The van der Waals surface area contributed by atoms with Crippen molar-refractivity contribution in [1.82, 2.24) is 9.88 Å². The molecule has 0 aliphatic carbocycles. The van der Waals surface area contributed by atoms with Crippen LogP contribution < -0.4 is 4.90 Å². The highest BCUT2D eigenvalue weighted by Crippen LogP contribution is 2.33. The molecule has 0 spiro atoms. The Morgan fingerprint density at radius 2 is 1.93 bits per heavy atom. The van der Waals surface area contributed by atoms with Gasteiger partial charge in [0, 0.05) is 50.6 Å². The molecule has 2 heterocycles. The number of aromatic nitrogens is 1. The molecule has 7 nitrogen and oxygen atoms in total. The van der Waals surface area contributed by atoms with E-state index < -0.39 is 4.92 Å². The number of nitro groups is 1. The number of nitrogens with zero attached hydrogens (tertiary/aromatic N) is 5. The van der Waals surface area contributed by atoms with Gasteiger partial charge in [-0.15, -0.1) is 0 Å². The van der Waals surface area contributed by atoms with Gasteiger partial charge in [-0.3, -0.25) is 10.1 Å². The van der Waals surface area contributed by atoms with E-state index in [4.69, 9.17) is 0 Å². The molecule has 0 bridgehead atoms. The third-order valence-electron chi connectivity index (χ3n) is 4.72. The summed E-state index contributed by atoms with van der Waals surface area (Å²) in [5.41, 5.74) is 1.95. The predicted octanol–water partition coefficient (Wildman–Crippen LogP) is 3.85. The lowest BCUT2D eigenvalue weighted by atomic mass is 10.2. The van der Waals surface area contributed by atoms with Crippen LogP contribution in [0.15, 0.2) is 41.4 Å². The van der Waals surface area contributed by atoms with Crippen LogP contribution in [0.5, 0.6) is 0 Å². The van der Waals surface area contributed by atoms with Gasteiger partial charge in [0.15, 0.2) is 0 Å². The van der Waals surface area contributed by atoms with Crippen molar-refractivity contribution in [2.75, 3.05) is 38.1 Å². The lowest BCUT2D eigenvalue weighted by Crippen LogP contribution is -2.44. The summed E-state index contributed by atoms with van der Waals surface area (Å²) in [4.78, 5) is 23.3. The Kier molecular flexibility index (Phi) is 5.01.